The lowest BCUT2D eigenvalue weighted by Crippen LogP contribution is -2.06. The van der Waals surface area contributed by atoms with Crippen LogP contribution in [0.15, 0.2) is 60.0 Å². The fourth-order valence-corrected chi connectivity index (χ4v) is 4.00. The number of rotatable bonds is 4. The van der Waals surface area contributed by atoms with Crippen molar-refractivity contribution in [3.8, 4) is 22.4 Å². The van der Waals surface area contributed by atoms with Crippen LogP contribution in [-0.2, 0) is 6.42 Å². The van der Waals surface area contributed by atoms with Gasteiger partial charge in [-0.05, 0) is 24.6 Å². The molecule has 0 saturated carbocycles. The zero-order valence-corrected chi connectivity index (χ0v) is 14.4. The molecule has 0 amide bonds. The fraction of sp³-hybridized carbons (Fsp3) is 0.150. The third-order valence-corrected chi connectivity index (χ3v) is 5.22. The van der Waals surface area contributed by atoms with Gasteiger partial charge in [0.25, 0.3) is 0 Å². The molecule has 0 atom stereocenters. The van der Waals surface area contributed by atoms with Crippen molar-refractivity contribution in [2.45, 2.75) is 13.3 Å². The van der Waals surface area contributed by atoms with Crippen LogP contribution >= 0.6 is 11.3 Å². The summed E-state index contributed by atoms with van der Waals surface area (Å²) in [5.74, 6) is 0. The number of hydrogen-bond acceptors (Lipinski definition) is 3. The number of imidazole rings is 1. The summed E-state index contributed by atoms with van der Waals surface area (Å²) < 4.78 is 2.23. The highest BCUT2D eigenvalue weighted by Gasteiger charge is 2.16. The van der Waals surface area contributed by atoms with Crippen molar-refractivity contribution in [1.29, 1.82) is 0 Å². The first-order valence-corrected chi connectivity index (χ1v) is 8.97. The van der Waals surface area contributed by atoms with Gasteiger partial charge in [0.2, 0.25) is 0 Å². The first kappa shape index (κ1) is 15.1. The van der Waals surface area contributed by atoms with Crippen LogP contribution < -0.4 is 5.73 Å². The first-order chi connectivity index (χ1) is 11.8. The van der Waals surface area contributed by atoms with Crippen LogP contribution in [0, 0.1) is 6.92 Å². The second-order valence-corrected chi connectivity index (χ2v) is 6.72. The third kappa shape index (κ3) is 2.54. The molecule has 3 nitrogen and oxygen atoms in total. The van der Waals surface area contributed by atoms with Gasteiger partial charge in [-0.2, -0.15) is 0 Å². The minimum atomic E-state index is 0.623. The van der Waals surface area contributed by atoms with E-state index in [1.165, 1.54) is 22.5 Å². The van der Waals surface area contributed by atoms with E-state index in [2.05, 4.69) is 65.2 Å². The van der Waals surface area contributed by atoms with Gasteiger partial charge in [0.15, 0.2) is 4.96 Å². The summed E-state index contributed by atoms with van der Waals surface area (Å²) in [6, 6.07) is 19.1. The van der Waals surface area contributed by atoms with Crippen molar-refractivity contribution in [2.75, 3.05) is 6.54 Å². The van der Waals surface area contributed by atoms with Crippen LogP contribution in [0.1, 0.15) is 11.4 Å². The second-order valence-electron chi connectivity index (χ2n) is 5.88. The lowest BCUT2D eigenvalue weighted by atomic mass is 10.0. The number of thiazole rings is 1. The molecule has 0 bridgehead atoms. The Morgan fingerprint density at radius 3 is 2.33 bits per heavy atom. The van der Waals surface area contributed by atoms with E-state index < -0.39 is 0 Å². The van der Waals surface area contributed by atoms with Gasteiger partial charge in [0, 0.05) is 23.1 Å². The Labute approximate surface area is 145 Å². The molecule has 0 aliphatic carbocycles. The molecule has 0 aliphatic rings. The van der Waals surface area contributed by atoms with Crippen LogP contribution in [0.5, 0.6) is 0 Å². The quantitative estimate of drug-likeness (QED) is 0.596. The lowest BCUT2D eigenvalue weighted by molar-refractivity contribution is 0.898. The summed E-state index contributed by atoms with van der Waals surface area (Å²) in [6.07, 6.45) is 0.828. The van der Waals surface area contributed by atoms with Crippen LogP contribution in [0.2, 0.25) is 0 Å². The molecule has 120 valence electrons. The first-order valence-electron chi connectivity index (χ1n) is 8.09. The Kier molecular flexibility index (Phi) is 3.92. The smallest absolute Gasteiger partial charge is 0.194 e. The molecule has 4 heteroatoms. The minimum absolute atomic E-state index is 0.623. The lowest BCUT2D eigenvalue weighted by Gasteiger charge is -2.06. The molecule has 2 aromatic heterocycles. The summed E-state index contributed by atoms with van der Waals surface area (Å²) in [6.45, 7) is 2.74. The SMILES string of the molecule is Cc1csc2nc(-c3ccc(-c4ccccc4)cc3)c(CCN)n12. The van der Waals surface area contributed by atoms with Gasteiger partial charge < -0.3 is 5.73 Å². The molecule has 2 heterocycles. The molecule has 4 rings (SSSR count). The highest BCUT2D eigenvalue weighted by Crippen LogP contribution is 2.30. The van der Waals surface area contributed by atoms with Crippen molar-refractivity contribution in [3.05, 3.63) is 71.4 Å². The molecule has 0 unspecified atom stereocenters. The monoisotopic (exact) mass is 333 g/mol. The molecule has 0 radical (unpaired) electrons. The molecule has 24 heavy (non-hydrogen) atoms. The van der Waals surface area contributed by atoms with Crippen molar-refractivity contribution in [3.63, 3.8) is 0 Å². The maximum absolute atomic E-state index is 5.84. The second kappa shape index (κ2) is 6.23. The predicted octanol–water partition coefficient (Wildman–Crippen LogP) is 4.54. The average molecular weight is 333 g/mol. The third-order valence-electron chi connectivity index (χ3n) is 4.28. The van der Waals surface area contributed by atoms with Crippen molar-refractivity contribution in [1.82, 2.24) is 9.38 Å². The van der Waals surface area contributed by atoms with Gasteiger partial charge in [-0.25, -0.2) is 4.98 Å². The van der Waals surface area contributed by atoms with Gasteiger partial charge in [0.05, 0.1) is 11.4 Å². The van der Waals surface area contributed by atoms with Gasteiger partial charge in [-0.15, -0.1) is 11.3 Å². The Hall–Kier alpha value is -2.43. The zero-order chi connectivity index (χ0) is 16.5. The molecule has 0 fully saturated rings. The molecule has 0 aliphatic heterocycles. The van der Waals surface area contributed by atoms with Gasteiger partial charge in [-0.3, -0.25) is 4.40 Å². The standard InChI is InChI=1S/C20H19N3S/c1-14-13-24-20-22-19(18(11-12-21)23(14)20)17-9-7-16(8-10-17)15-5-3-2-4-6-15/h2-10,13H,11-12,21H2,1H3. The average Bonchev–Trinajstić information content (AvgIpc) is 3.17. The summed E-state index contributed by atoms with van der Waals surface area (Å²) in [7, 11) is 0. The van der Waals surface area contributed by atoms with E-state index in [0.29, 0.717) is 6.54 Å². The number of nitrogens with zero attached hydrogens (tertiary/aromatic N) is 2. The number of nitrogens with two attached hydrogens (primary N) is 1. The fourth-order valence-electron chi connectivity index (χ4n) is 3.11. The summed E-state index contributed by atoms with van der Waals surface area (Å²) in [5.41, 5.74) is 12.9. The minimum Gasteiger partial charge on any atom is -0.330 e. The number of hydrogen-bond donors (Lipinski definition) is 1. The van der Waals surface area contributed by atoms with Crippen molar-refractivity contribution < 1.29 is 0 Å². The number of aryl methyl sites for hydroxylation is 1. The van der Waals surface area contributed by atoms with Crippen molar-refractivity contribution >= 4 is 16.3 Å². The number of aromatic nitrogens is 2. The molecule has 2 N–H and O–H groups in total. The Balaban J connectivity index is 1.79. The number of fused-ring (bicyclic) bond motifs is 1. The Bertz CT molecular complexity index is 965. The highest BCUT2D eigenvalue weighted by atomic mass is 32.1. The maximum Gasteiger partial charge on any atom is 0.194 e. The van der Waals surface area contributed by atoms with E-state index >= 15 is 0 Å². The molecule has 4 aromatic rings. The normalized spacial score (nSPS) is 11.2. The summed E-state index contributed by atoms with van der Waals surface area (Å²) >= 11 is 1.68. The van der Waals surface area contributed by atoms with E-state index in [-0.39, 0.29) is 0 Å². The van der Waals surface area contributed by atoms with Crippen LogP contribution in [0.25, 0.3) is 27.3 Å². The van der Waals surface area contributed by atoms with E-state index in [1.807, 2.05) is 6.07 Å². The number of benzene rings is 2. The van der Waals surface area contributed by atoms with E-state index in [0.717, 1.165) is 22.6 Å². The van der Waals surface area contributed by atoms with Crippen LogP contribution in [0.4, 0.5) is 0 Å². The van der Waals surface area contributed by atoms with Crippen LogP contribution in [-0.4, -0.2) is 15.9 Å². The van der Waals surface area contributed by atoms with E-state index in [9.17, 15) is 0 Å². The Morgan fingerprint density at radius 2 is 1.62 bits per heavy atom. The maximum atomic E-state index is 5.84. The molecular formula is C20H19N3S. The van der Waals surface area contributed by atoms with Crippen LogP contribution in [0.3, 0.4) is 0 Å². The summed E-state index contributed by atoms with van der Waals surface area (Å²) in [5, 5.41) is 2.14. The van der Waals surface area contributed by atoms with E-state index in [1.54, 1.807) is 11.3 Å². The summed E-state index contributed by atoms with van der Waals surface area (Å²) in [4.78, 5) is 5.89. The Morgan fingerprint density at radius 1 is 0.958 bits per heavy atom. The van der Waals surface area contributed by atoms with Gasteiger partial charge in [-0.1, -0.05) is 54.6 Å². The van der Waals surface area contributed by atoms with Crippen molar-refractivity contribution in [2.24, 2.45) is 5.73 Å². The molecule has 0 saturated heterocycles. The largest absolute Gasteiger partial charge is 0.330 e. The zero-order valence-electron chi connectivity index (χ0n) is 13.6. The predicted molar refractivity (Wildman–Crippen MR) is 101 cm³/mol. The highest BCUT2D eigenvalue weighted by molar-refractivity contribution is 7.15. The molecular weight excluding hydrogens is 314 g/mol. The molecule has 2 aromatic carbocycles. The molecule has 0 spiro atoms. The topological polar surface area (TPSA) is 43.3 Å². The van der Waals surface area contributed by atoms with Gasteiger partial charge in [0.1, 0.15) is 0 Å². The van der Waals surface area contributed by atoms with E-state index in [4.69, 9.17) is 10.7 Å². The van der Waals surface area contributed by atoms with Gasteiger partial charge >= 0.3 is 0 Å².